The van der Waals surface area contributed by atoms with Gasteiger partial charge in [0.15, 0.2) is 0 Å². The van der Waals surface area contributed by atoms with Crippen LogP contribution in [0, 0.1) is 5.41 Å². The molecule has 31 heavy (non-hydrogen) atoms. The van der Waals surface area contributed by atoms with Gasteiger partial charge < -0.3 is 15.0 Å². The van der Waals surface area contributed by atoms with Crippen LogP contribution in [0.25, 0.3) is 0 Å². The second-order valence-electron chi connectivity index (χ2n) is 10.0. The third-order valence-electron chi connectivity index (χ3n) is 6.31. The number of likely N-dealkylation sites (tertiary alicyclic amines) is 1. The molecule has 2 aromatic rings. The number of alkyl carbamates (subject to hydrolysis) is 1. The molecule has 4 rings (SSSR count). The Balaban J connectivity index is 1.43. The van der Waals surface area contributed by atoms with Gasteiger partial charge in [-0.15, -0.1) is 0 Å². The molecule has 2 aliphatic rings. The molecule has 0 aromatic heterocycles. The van der Waals surface area contributed by atoms with Gasteiger partial charge >= 0.3 is 6.09 Å². The van der Waals surface area contributed by atoms with Crippen molar-refractivity contribution in [2.45, 2.75) is 58.1 Å². The van der Waals surface area contributed by atoms with Gasteiger partial charge in [0.05, 0.1) is 12.5 Å². The van der Waals surface area contributed by atoms with E-state index < -0.39 is 17.7 Å². The summed E-state index contributed by atoms with van der Waals surface area (Å²) in [5, 5.41) is 2.91. The fourth-order valence-corrected chi connectivity index (χ4v) is 4.90. The molecule has 1 aliphatic heterocycles. The van der Waals surface area contributed by atoms with Crippen LogP contribution in [0.4, 0.5) is 4.79 Å². The Morgan fingerprint density at radius 1 is 1.03 bits per heavy atom. The highest BCUT2D eigenvalue weighted by molar-refractivity contribution is 5.78. The highest BCUT2D eigenvalue weighted by Crippen LogP contribution is 2.44. The normalized spacial score (nSPS) is 18.0. The molecule has 1 atom stereocenters. The largest absolute Gasteiger partial charge is 0.444 e. The van der Waals surface area contributed by atoms with Crippen LogP contribution < -0.4 is 5.32 Å². The molecule has 5 nitrogen and oxygen atoms in total. The van der Waals surface area contributed by atoms with Crippen molar-refractivity contribution in [2.24, 2.45) is 5.41 Å². The summed E-state index contributed by atoms with van der Waals surface area (Å²) in [4.78, 5) is 27.6. The molecule has 0 bridgehead atoms. The molecule has 5 heteroatoms. The quantitative estimate of drug-likeness (QED) is 0.783. The zero-order valence-electron chi connectivity index (χ0n) is 18.7. The Kier molecular flexibility index (Phi) is 5.78. The van der Waals surface area contributed by atoms with E-state index in [0.717, 1.165) is 37.9 Å². The maximum atomic E-state index is 13.2. The maximum absolute atomic E-state index is 13.2. The molecule has 1 aliphatic carbocycles. The SMILES string of the molecule is CC(C)(C)OC(=O)NC(CC(=O)N1CCC2(Cc3ccccc3C2)C1)c1ccccc1. The Morgan fingerprint density at radius 2 is 1.65 bits per heavy atom. The molecule has 164 valence electrons. The lowest BCUT2D eigenvalue weighted by molar-refractivity contribution is -0.131. The number of carbonyl (C=O) groups is 2. The van der Waals surface area contributed by atoms with Crippen molar-refractivity contribution in [3.63, 3.8) is 0 Å². The molecule has 1 fully saturated rings. The summed E-state index contributed by atoms with van der Waals surface area (Å²) in [6, 6.07) is 17.9. The first-order valence-corrected chi connectivity index (χ1v) is 11.1. The molecular weight excluding hydrogens is 388 g/mol. The monoisotopic (exact) mass is 420 g/mol. The summed E-state index contributed by atoms with van der Waals surface area (Å²) in [5.41, 5.74) is 3.33. The number of ether oxygens (including phenoxy) is 1. The van der Waals surface area contributed by atoms with Crippen molar-refractivity contribution in [1.82, 2.24) is 10.2 Å². The summed E-state index contributed by atoms with van der Waals surface area (Å²) in [7, 11) is 0. The molecule has 1 saturated heterocycles. The van der Waals surface area contributed by atoms with Gasteiger partial charge in [-0.05, 0) is 62.1 Å². The minimum absolute atomic E-state index is 0.0812. The van der Waals surface area contributed by atoms with Gasteiger partial charge in [-0.25, -0.2) is 4.79 Å². The second kappa shape index (κ2) is 8.37. The number of hydrogen-bond donors (Lipinski definition) is 1. The average Bonchev–Trinajstić information content (AvgIpc) is 3.29. The highest BCUT2D eigenvalue weighted by atomic mass is 16.6. The number of amides is 2. The third-order valence-corrected chi connectivity index (χ3v) is 6.31. The molecule has 1 N–H and O–H groups in total. The Morgan fingerprint density at radius 3 is 2.26 bits per heavy atom. The van der Waals surface area contributed by atoms with E-state index in [1.54, 1.807) is 0 Å². The summed E-state index contributed by atoms with van der Waals surface area (Å²) in [5.74, 6) is 0.0812. The zero-order chi connectivity index (χ0) is 22.1. The van der Waals surface area contributed by atoms with Crippen LogP contribution in [0.1, 0.15) is 56.3 Å². The highest BCUT2D eigenvalue weighted by Gasteiger charge is 2.44. The number of nitrogens with zero attached hydrogens (tertiary/aromatic N) is 1. The van der Waals surface area contributed by atoms with Crippen molar-refractivity contribution < 1.29 is 14.3 Å². The van der Waals surface area contributed by atoms with E-state index in [1.807, 2.05) is 56.0 Å². The van der Waals surface area contributed by atoms with Gasteiger partial charge in [0.2, 0.25) is 5.91 Å². The van der Waals surface area contributed by atoms with Crippen molar-refractivity contribution in [1.29, 1.82) is 0 Å². The summed E-state index contributed by atoms with van der Waals surface area (Å²) >= 11 is 0. The van der Waals surface area contributed by atoms with Gasteiger partial charge in [0.25, 0.3) is 0 Å². The lowest BCUT2D eigenvalue weighted by atomic mass is 9.84. The van der Waals surface area contributed by atoms with Gasteiger partial charge in [-0.1, -0.05) is 54.6 Å². The lowest BCUT2D eigenvalue weighted by Gasteiger charge is -2.27. The van der Waals surface area contributed by atoms with E-state index >= 15 is 0 Å². The van der Waals surface area contributed by atoms with Gasteiger partial charge in [-0.2, -0.15) is 0 Å². The van der Waals surface area contributed by atoms with Crippen molar-refractivity contribution in [3.8, 4) is 0 Å². The molecule has 2 amide bonds. The van der Waals surface area contributed by atoms with Crippen LogP contribution in [0.3, 0.4) is 0 Å². The molecule has 2 aromatic carbocycles. The first kappa shape index (κ1) is 21.4. The smallest absolute Gasteiger partial charge is 0.408 e. The number of benzene rings is 2. The topological polar surface area (TPSA) is 58.6 Å². The van der Waals surface area contributed by atoms with E-state index in [1.165, 1.54) is 11.1 Å². The number of fused-ring (bicyclic) bond motifs is 1. The van der Waals surface area contributed by atoms with Crippen LogP contribution in [0.15, 0.2) is 54.6 Å². The molecule has 0 saturated carbocycles. The number of hydrogen-bond acceptors (Lipinski definition) is 3. The van der Waals surface area contributed by atoms with Crippen molar-refractivity contribution in [2.75, 3.05) is 13.1 Å². The van der Waals surface area contributed by atoms with Gasteiger partial charge in [0, 0.05) is 13.1 Å². The van der Waals surface area contributed by atoms with E-state index in [0.29, 0.717) is 0 Å². The summed E-state index contributed by atoms with van der Waals surface area (Å²) < 4.78 is 5.43. The van der Waals surface area contributed by atoms with Crippen molar-refractivity contribution in [3.05, 3.63) is 71.3 Å². The zero-order valence-corrected chi connectivity index (χ0v) is 18.7. The number of nitrogens with one attached hydrogen (secondary N) is 1. The Hall–Kier alpha value is -2.82. The summed E-state index contributed by atoms with van der Waals surface area (Å²) in [6.07, 6.45) is 2.85. The Bertz CT molecular complexity index is 924. The fraction of sp³-hybridized carbons (Fsp3) is 0.462. The summed E-state index contributed by atoms with van der Waals surface area (Å²) in [6.45, 7) is 7.06. The van der Waals surface area contributed by atoms with Gasteiger partial charge in [-0.3, -0.25) is 4.79 Å². The lowest BCUT2D eigenvalue weighted by Crippen LogP contribution is -2.39. The molecule has 1 spiro atoms. The molecule has 1 heterocycles. The standard InChI is InChI=1S/C26H32N2O3/c1-25(2,3)31-24(30)27-22(19-9-5-4-6-10-19)15-23(29)28-14-13-26(18-28)16-20-11-7-8-12-21(20)17-26/h4-12,22H,13-18H2,1-3H3,(H,27,30). The number of rotatable bonds is 4. The Labute approximate surface area is 184 Å². The van der Waals surface area contributed by atoms with Crippen molar-refractivity contribution >= 4 is 12.0 Å². The van der Waals surface area contributed by atoms with Crippen LogP contribution in [-0.4, -0.2) is 35.6 Å². The second-order valence-corrected chi connectivity index (χ2v) is 10.0. The first-order valence-electron chi connectivity index (χ1n) is 11.1. The van der Waals surface area contributed by atoms with Crippen LogP contribution in [0.5, 0.6) is 0 Å². The predicted molar refractivity (Wildman–Crippen MR) is 121 cm³/mol. The van der Waals surface area contributed by atoms with E-state index in [2.05, 4.69) is 29.6 Å². The minimum atomic E-state index is -0.589. The van der Waals surface area contributed by atoms with Crippen LogP contribution >= 0.6 is 0 Å². The number of carbonyl (C=O) groups excluding carboxylic acids is 2. The molecule has 1 unspecified atom stereocenters. The predicted octanol–water partition coefficient (Wildman–Crippen LogP) is 4.66. The maximum Gasteiger partial charge on any atom is 0.408 e. The van der Waals surface area contributed by atoms with E-state index in [4.69, 9.17) is 4.74 Å². The van der Waals surface area contributed by atoms with E-state index in [9.17, 15) is 9.59 Å². The molecule has 0 radical (unpaired) electrons. The van der Waals surface area contributed by atoms with E-state index in [-0.39, 0.29) is 17.7 Å². The molecular formula is C26H32N2O3. The van der Waals surface area contributed by atoms with Crippen LogP contribution in [0.2, 0.25) is 0 Å². The minimum Gasteiger partial charge on any atom is -0.444 e. The fourth-order valence-electron chi connectivity index (χ4n) is 4.90. The average molecular weight is 421 g/mol. The third kappa shape index (κ3) is 5.09. The van der Waals surface area contributed by atoms with Crippen LogP contribution in [-0.2, 0) is 22.4 Å². The van der Waals surface area contributed by atoms with Gasteiger partial charge in [0.1, 0.15) is 5.60 Å². The first-order chi connectivity index (χ1) is 14.7.